The fourth-order valence-electron chi connectivity index (χ4n) is 11.0. The Balaban J connectivity index is 1.06. The molecule has 0 amide bonds. The van der Waals surface area contributed by atoms with Gasteiger partial charge >= 0.3 is 0 Å². The third-order valence-corrected chi connectivity index (χ3v) is 14.1. The van der Waals surface area contributed by atoms with Crippen LogP contribution in [-0.2, 0) is 0 Å². The highest BCUT2D eigenvalue weighted by atomic mass is 16.3. The standard InChI is InChI=1S/C63H42N4O/c1-39-30-34-52(47-25-15-28-55-59(47)48-23-10-13-27-54(48)66(55)45-20-3-2-4-21-45)64-63(65-61(39)44-32-31-40-16-5-6-17-41(40)36-44)50-33-35-56(62-60(50)49-24-11-14-29-58(49)68-62)67-53-26-12-9-22-46(53)51-37-42-18-7-8-19-43(42)38-57(51)67/h2-29,31-39H,30H2,1H3/b52-34+,64-63-,65-61+. The van der Waals surface area contributed by atoms with E-state index in [1.54, 1.807) is 0 Å². The summed E-state index contributed by atoms with van der Waals surface area (Å²) in [6.45, 7) is 2.30. The van der Waals surface area contributed by atoms with Gasteiger partial charge in [0, 0.05) is 55.0 Å². The third kappa shape index (κ3) is 5.89. The van der Waals surface area contributed by atoms with Gasteiger partial charge < -0.3 is 13.6 Å². The predicted octanol–water partition coefficient (Wildman–Crippen LogP) is 16.4. The van der Waals surface area contributed by atoms with Crippen molar-refractivity contribution >= 4 is 104 Å². The van der Waals surface area contributed by atoms with E-state index in [0.717, 1.165) is 89.9 Å². The van der Waals surface area contributed by atoms with Gasteiger partial charge in [-0.15, -0.1) is 0 Å². The summed E-state index contributed by atoms with van der Waals surface area (Å²) in [6.07, 6.45) is 3.10. The summed E-state index contributed by atoms with van der Waals surface area (Å²) < 4.78 is 11.8. The molecule has 0 saturated carbocycles. The third-order valence-electron chi connectivity index (χ3n) is 14.1. The molecule has 1 aliphatic heterocycles. The summed E-state index contributed by atoms with van der Waals surface area (Å²) in [4.78, 5) is 11.6. The fourth-order valence-corrected chi connectivity index (χ4v) is 11.0. The molecule has 13 aromatic rings. The molecule has 0 radical (unpaired) electrons. The largest absolute Gasteiger partial charge is 0.454 e. The lowest BCUT2D eigenvalue weighted by Gasteiger charge is -2.20. The van der Waals surface area contributed by atoms with Gasteiger partial charge in [0.15, 0.2) is 11.4 Å². The van der Waals surface area contributed by atoms with E-state index in [0.29, 0.717) is 5.84 Å². The summed E-state index contributed by atoms with van der Waals surface area (Å²) in [7, 11) is 0. The molecule has 0 bridgehead atoms. The van der Waals surface area contributed by atoms with Crippen LogP contribution in [0.15, 0.2) is 233 Å². The molecule has 4 heterocycles. The number of amidine groups is 1. The van der Waals surface area contributed by atoms with Crippen molar-refractivity contribution in [2.24, 2.45) is 15.9 Å². The summed E-state index contributed by atoms with van der Waals surface area (Å²) in [5.41, 5.74) is 13.2. The average Bonchev–Trinajstić information content (AvgIpc) is 4.05. The summed E-state index contributed by atoms with van der Waals surface area (Å²) in [5.74, 6) is 0.718. The van der Waals surface area contributed by atoms with Crippen LogP contribution in [0.5, 0.6) is 0 Å². The summed E-state index contributed by atoms with van der Waals surface area (Å²) >= 11 is 0. The van der Waals surface area contributed by atoms with Gasteiger partial charge in [-0.05, 0) is 100 Å². The van der Waals surface area contributed by atoms with Crippen molar-refractivity contribution in [2.45, 2.75) is 13.3 Å². The number of hydrogen-bond acceptors (Lipinski definition) is 3. The Morgan fingerprint density at radius 2 is 1.12 bits per heavy atom. The number of allylic oxidation sites excluding steroid dienone is 1. The lowest BCUT2D eigenvalue weighted by molar-refractivity contribution is 0.666. The molecule has 0 fully saturated rings. The molecule has 320 valence electrons. The number of aromatic nitrogens is 2. The first-order valence-electron chi connectivity index (χ1n) is 23.5. The van der Waals surface area contributed by atoms with Gasteiger partial charge in [0.1, 0.15) is 5.58 Å². The van der Waals surface area contributed by atoms with E-state index in [-0.39, 0.29) is 5.92 Å². The topological polar surface area (TPSA) is 47.7 Å². The van der Waals surface area contributed by atoms with Crippen molar-refractivity contribution in [3.05, 3.63) is 235 Å². The normalized spacial score (nSPS) is 16.9. The summed E-state index contributed by atoms with van der Waals surface area (Å²) in [6, 6.07) is 76.1. The predicted molar refractivity (Wildman–Crippen MR) is 285 cm³/mol. The molecule has 5 heteroatoms. The number of nitrogens with zero attached hydrogens (tertiary/aromatic N) is 4. The molecular formula is C63H42N4O. The van der Waals surface area contributed by atoms with Gasteiger partial charge in [-0.3, -0.25) is 0 Å². The molecule has 3 aromatic heterocycles. The molecule has 5 nitrogen and oxygen atoms in total. The maximum absolute atomic E-state index is 7.08. The molecule has 1 aliphatic rings. The molecule has 10 aromatic carbocycles. The highest BCUT2D eigenvalue weighted by molar-refractivity contribution is 6.25. The first-order chi connectivity index (χ1) is 33.6. The second-order valence-corrected chi connectivity index (χ2v) is 18.1. The van der Waals surface area contributed by atoms with Crippen LogP contribution in [0.3, 0.4) is 0 Å². The van der Waals surface area contributed by atoms with Crippen LogP contribution >= 0.6 is 0 Å². The molecular weight excluding hydrogens is 829 g/mol. The smallest absolute Gasteiger partial charge is 0.160 e. The first kappa shape index (κ1) is 38.5. The monoisotopic (exact) mass is 870 g/mol. The Morgan fingerprint density at radius 1 is 0.456 bits per heavy atom. The van der Waals surface area contributed by atoms with Crippen LogP contribution in [0, 0.1) is 5.92 Å². The zero-order chi connectivity index (χ0) is 44.9. The number of rotatable bonds is 5. The van der Waals surface area contributed by atoms with E-state index >= 15 is 0 Å². The Hall–Kier alpha value is -8.80. The van der Waals surface area contributed by atoms with E-state index < -0.39 is 0 Å². The van der Waals surface area contributed by atoms with Crippen LogP contribution in [0.2, 0.25) is 0 Å². The minimum Gasteiger partial charge on any atom is -0.454 e. The van der Waals surface area contributed by atoms with Crippen LogP contribution in [0.25, 0.3) is 104 Å². The Morgan fingerprint density at radius 3 is 1.94 bits per heavy atom. The quantitative estimate of drug-likeness (QED) is 0.170. The molecule has 68 heavy (non-hydrogen) atoms. The lowest BCUT2D eigenvalue weighted by Crippen LogP contribution is -2.17. The number of fused-ring (bicyclic) bond motifs is 11. The van der Waals surface area contributed by atoms with Crippen LogP contribution in [-0.4, -0.2) is 20.7 Å². The molecule has 1 unspecified atom stereocenters. The second-order valence-electron chi connectivity index (χ2n) is 18.1. The van der Waals surface area contributed by atoms with Gasteiger partial charge in [0.2, 0.25) is 0 Å². The number of para-hydroxylation sites is 4. The van der Waals surface area contributed by atoms with E-state index in [1.807, 2.05) is 0 Å². The molecule has 0 N–H and O–H groups in total. The fraction of sp³-hybridized carbons (Fsp3) is 0.0476. The van der Waals surface area contributed by atoms with Gasteiger partial charge in [0.25, 0.3) is 0 Å². The van der Waals surface area contributed by atoms with Crippen molar-refractivity contribution in [3.8, 4) is 11.4 Å². The van der Waals surface area contributed by atoms with E-state index in [2.05, 4.69) is 234 Å². The van der Waals surface area contributed by atoms with Crippen LogP contribution in [0.1, 0.15) is 30.0 Å². The van der Waals surface area contributed by atoms with Gasteiger partial charge in [-0.2, -0.15) is 0 Å². The highest BCUT2D eigenvalue weighted by Gasteiger charge is 2.26. The van der Waals surface area contributed by atoms with E-state index in [1.165, 1.54) is 43.1 Å². The second kappa shape index (κ2) is 15.1. The molecule has 1 atom stereocenters. The van der Waals surface area contributed by atoms with Crippen LogP contribution in [0.4, 0.5) is 0 Å². The average molecular weight is 871 g/mol. The van der Waals surface area contributed by atoms with Gasteiger partial charge in [-0.1, -0.05) is 159 Å². The molecule has 0 saturated heterocycles. The first-order valence-corrected chi connectivity index (χ1v) is 23.5. The van der Waals surface area contributed by atoms with Crippen molar-refractivity contribution in [1.82, 2.24) is 9.13 Å². The Bertz CT molecular complexity index is 4310. The zero-order valence-electron chi connectivity index (χ0n) is 37.3. The van der Waals surface area contributed by atoms with Gasteiger partial charge in [-0.25, -0.2) is 9.98 Å². The minimum absolute atomic E-state index is 0.0739. The van der Waals surface area contributed by atoms with Crippen molar-refractivity contribution in [2.75, 3.05) is 0 Å². The van der Waals surface area contributed by atoms with Crippen molar-refractivity contribution < 1.29 is 4.42 Å². The van der Waals surface area contributed by atoms with Gasteiger partial charge in [0.05, 0.1) is 39.2 Å². The number of aliphatic imine (C=N–C) groups is 2. The maximum atomic E-state index is 7.08. The van der Waals surface area contributed by atoms with Crippen molar-refractivity contribution in [1.29, 1.82) is 0 Å². The Kier molecular flexibility index (Phi) is 8.56. The van der Waals surface area contributed by atoms with E-state index in [9.17, 15) is 0 Å². The van der Waals surface area contributed by atoms with E-state index in [4.69, 9.17) is 14.4 Å². The lowest BCUT2D eigenvalue weighted by atomic mass is 9.91. The highest BCUT2D eigenvalue weighted by Crippen LogP contribution is 2.43. The minimum atomic E-state index is 0.0739. The summed E-state index contributed by atoms with van der Waals surface area (Å²) in [5, 5.41) is 11.5. The Labute approximate surface area is 391 Å². The molecule has 0 aliphatic carbocycles. The number of benzene rings is 10. The number of furan rings is 1. The van der Waals surface area contributed by atoms with Crippen LogP contribution < -0.4 is 0 Å². The maximum Gasteiger partial charge on any atom is 0.160 e. The molecule has 14 rings (SSSR count). The van der Waals surface area contributed by atoms with Crippen molar-refractivity contribution in [3.63, 3.8) is 0 Å². The number of hydrogen-bond donors (Lipinski definition) is 0. The SMILES string of the molecule is CC1C/C=C(c2cccc3c2c2ccccc2n3-c2ccccc2)/N=C(c2ccc(-n3c4ccccc4c4cc5ccccc5cc43)c3oc4ccccc4c23)\N=C/1c1ccc2ccccc2c1. The zero-order valence-corrected chi connectivity index (χ0v) is 37.3. The molecule has 0 spiro atoms.